The van der Waals surface area contributed by atoms with Gasteiger partial charge in [0.2, 0.25) is 0 Å². The van der Waals surface area contributed by atoms with E-state index in [-0.39, 0.29) is 45.2 Å². The van der Waals surface area contributed by atoms with Crippen molar-refractivity contribution < 1.29 is 0 Å². The third-order valence-corrected chi connectivity index (χ3v) is 18.3. The first kappa shape index (κ1) is 48.0. The van der Waals surface area contributed by atoms with E-state index < -0.39 is 0 Å². The third-order valence-electron chi connectivity index (χ3n) is 18.3. The zero-order chi connectivity index (χ0) is 51.9. The monoisotopic (exact) mass is 960 g/mol. The van der Waals surface area contributed by atoms with Crippen molar-refractivity contribution in [3.63, 3.8) is 0 Å². The van der Waals surface area contributed by atoms with Crippen LogP contribution in [0, 0.1) is 19.3 Å². The molecule has 2 aliphatic heterocycles. The smallest absolute Gasteiger partial charge is 0.252 e. The van der Waals surface area contributed by atoms with Crippen molar-refractivity contribution in [1.29, 1.82) is 0 Å². The molecule has 0 fully saturated rings. The number of fused-ring (bicyclic) bond motifs is 10. The molecule has 3 aliphatic carbocycles. The first-order chi connectivity index (χ1) is 34.2. The van der Waals surface area contributed by atoms with E-state index >= 15 is 0 Å². The lowest BCUT2D eigenvalue weighted by Crippen LogP contribution is -2.60. The van der Waals surface area contributed by atoms with Crippen molar-refractivity contribution in [3.05, 3.63) is 171 Å². The van der Waals surface area contributed by atoms with E-state index in [9.17, 15) is 0 Å². The Morgan fingerprint density at radius 2 is 1.23 bits per heavy atom. The van der Waals surface area contributed by atoms with Gasteiger partial charge in [0, 0.05) is 56.0 Å². The minimum Gasteiger partial charge on any atom is -0.334 e. The highest BCUT2D eigenvalue weighted by atomic mass is 15.2. The van der Waals surface area contributed by atoms with Gasteiger partial charge in [0.1, 0.15) is 0 Å². The number of aryl methyl sites for hydroxylation is 2. The Balaban J connectivity index is 1.18. The van der Waals surface area contributed by atoms with Crippen LogP contribution in [-0.4, -0.2) is 17.3 Å². The van der Waals surface area contributed by atoms with Gasteiger partial charge < -0.3 is 14.4 Å². The van der Waals surface area contributed by atoms with E-state index in [1.54, 1.807) is 0 Å². The minimum atomic E-state index is -0.166. The second kappa shape index (κ2) is 15.5. The molecule has 1 unspecified atom stereocenters. The van der Waals surface area contributed by atoms with Crippen molar-refractivity contribution in [1.82, 2.24) is 4.57 Å². The fourth-order valence-corrected chi connectivity index (χ4v) is 14.0. The zero-order valence-electron chi connectivity index (χ0n) is 47.2. The fourth-order valence-electron chi connectivity index (χ4n) is 14.0. The third kappa shape index (κ3) is 7.11. The van der Waals surface area contributed by atoms with Crippen LogP contribution in [0.15, 0.2) is 127 Å². The highest BCUT2D eigenvalue weighted by molar-refractivity contribution is 7.00. The van der Waals surface area contributed by atoms with Gasteiger partial charge in [0.25, 0.3) is 6.71 Å². The second-order valence-electron chi connectivity index (χ2n) is 27.9. The summed E-state index contributed by atoms with van der Waals surface area (Å²) in [7, 11) is 0. The van der Waals surface area contributed by atoms with E-state index in [0.29, 0.717) is 0 Å². The number of hydrogen-bond donors (Lipinski definition) is 0. The number of benzene rings is 6. The highest BCUT2D eigenvalue weighted by Gasteiger charge is 2.48. The summed E-state index contributed by atoms with van der Waals surface area (Å²) in [5.74, 6) is 0. The molecule has 3 nitrogen and oxygen atoms in total. The maximum absolute atomic E-state index is 2.73. The topological polar surface area (TPSA) is 11.4 Å². The molecule has 1 atom stereocenters. The average Bonchev–Trinajstić information content (AvgIpc) is 3.79. The molecule has 12 rings (SSSR count). The minimum absolute atomic E-state index is 0.0243. The normalized spacial score (nSPS) is 18.8. The summed E-state index contributed by atoms with van der Waals surface area (Å²) in [4.78, 5) is 5.36. The van der Waals surface area contributed by atoms with Gasteiger partial charge in [0.15, 0.2) is 0 Å². The molecule has 6 aromatic carbocycles. The summed E-state index contributed by atoms with van der Waals surface area (Å²) in [6.07, 6.45) is 10.7. The molecule has 0 saturated heterocycles. The summed E-state index contributed by atoms with van der Waals surface area (Å²) in [5.41, 5.74) is 28.6. The van der Waals surface area contributed by atoms with Crippen LogP contribution in [0.2, 0.25) is 0 Å². The number of hydrogen-bond acceptors (Lipinski definition) is 2. The van der Waals surface area contributed by atoms with Crippen LogP contribution in [0.25, 0.3) is 27.8 Å². The van der Waals surface area contributed by atoms with E-state index in [4.69, 9.17) is 0 Å². The first-order valence-electron chi connectivity index (χ1n) is 27.5. The van der Waals surface area contributed by atoms with E-state index in [2.05, 4.69) is 253 Å². The molecular formula is C69H78BN3. The molecule has 4 heteroatoms. The van der Waals surface area contributed by atoms with Gasteiger partial charge in [-0.1, -0.05) is 177 Å². The number of nitrogens with zero attached hydrogens (tertiary/aromatic N) is 3. The number of allylic oxidation sites excluding steroid dienone is 2. The van der Waals surface area contributed by atoms with E-state index in [1.165, 1.54) is 136 Å². The van der Waals surface area contributed by atoms with Crippen molar-refractivity contribution in [3.8, 4) is 16.9 Å². The quantitative estimate of drug-likeness (QED) is 0.163. The summed E-state index contributed by atoms with van der Waals surface area (Å²) < 4.78 is 2.73. The molecule has 0 spiro atoms. The van der Waals surface area contributed by atoms with Crippen LogP contribution < -0.4 is 26.2 Å². The maximum atomic E-state index is 2.73. The Morgan fingerprint density at radius 1 is 0.589 bits per heavy atom. The Bertz CT molecular complexity index is 3550. The lowest BCUT2D eigenvalue weighted by Gasteiger charge is -2.45. The van der Waals surface area contributed by atoms with Gasteiger partial charge in [-0.15, -0.1) is 0 Å². The molecule has 5 aliphatic rings. The van der Waals surface area contributed by atoms with Crippen molar-refractivity contribution in [2.75, 3.05) is 9.80 Å². The average molecular weight is 960 g/mol. The predicted octanol–water partition coefficient (Wildman–Crippen LogP) is 16.5. The molecular weight excluding hydrogens is 882 g/mol. The number of rotatable bonds is 4. The van der Waals surface area contributed by atoms with Crippen molar-refractivity contribution >= 4 is 62.4 Å². The van der Waals surface area contributed by atoms with Crippen LogP contribution in [0.4, 0.5) is 28.4 Å². The Kier molecular flexibility index (Phi) is 10.2. The molecule has 0 amide bonds. The molecule has 3 heterocycles. The molecule has 73 heavy (non-hydrogen) atoms. The highest BCUT2D eigenvalue weighted by Crippen LogP contribution is 2.56. The summed E-state index contributed by atoms with van der Waals surface area (Å²) in [5, 5.41) is 1.40. The molecule has 7 aromatic rings. The fraction of sp³-hybridized carbons (Fsp3) is 0.391. The number of aromatic nitrogens is 1. The molecule has 0 radical (unpaired) electrons. The molecule has 0 bridgehead atoms. The zero-order valence-corrected chi connectivity index (χ0v) is 47.2. The first-order valence-corrected chi connectivity index (χ1v) is 27.5. The SMILES string of the molecule is Cc1cc2c3c(c1)-n1c4c(c5cc(C(C)(C)C)cc(c51)B3c1ccc(N(c3ccc(C(C)(C)C)cc3)C3C=CC(C(C)(C)C)=CC3)cc1N2c1cc2c(cc1C)C(C)(C)CCC2(C)C)C(C)(C)c1ccccc1-4. The Hall–Kier alpha value is -6.00. The molecule has 372 valence electrons. The van der Waals surface area contributed by atoms with Crippen molar-refractivity contribution in [2.24, 2.45) is 5.41 Å². The molecule has 1 aromatic heterocycles. The summed E-state index contributed by atoms with van der Waals surface area (Å²) in [6.45, 7) is 40.7. The van der Waals surface area contributed by atoms with Gasteiger partial charge >= 0.3 is 0 Å². The van der Waals surface area contributed by atoms with Gasteiger partial charge in [-0.05, 0) is 175 Å². The second-order valence-corrected chi connectivity index (χ2v) is 27.9. The van der Waals surface area contributed by atoms with Crippen LogP contribution in [-0.2, 0) is 27.1 Å². The van der Waals surface area contributed by atoms with Gasteiger partial charge in [-0.2, -0.15) is 0 Å². The van der Waals surface area contributed by atoms with E-state index in [1.807, 2.05) is 0 Å². The largest absolute Gasteiger partial charge is 0.334 e. The summed E-state index contributed by atoms with van der Waals surface area (Å²) in [6, 6.07) is 41.9. The van der Waals surface area contributed by atoms with Gasteiger partial charge in [-0.25, -0.2) is 0 Å². The van der Waals surface area contributed by atoms with Gasteiger partial charge in [-0.3, -0.25) is 0 Å². The predicted molar refractivity (Wildman–Crippen MR) is 316 cm³/mol. The van der Waals surface area contributed by atoms with Gasteiger partial charge in [0.05, 0.1) is 11.7 Å². The standard InChI is InChI=1S/C69H78BN3/c1-41-34-58-61-59(35-41)73-62-50(60-63(73)49-20-18-19-21-51(49)69(60,16)17)37-45(66(9,10)11)38-55(62)70(61)54-31-30-48(39-57(54)72(58)56-40-53-52(36-42(56)2)67(12,13)32-33-68(53,14)15)71(46-26-22-43(23-27-46)64(3,4)5)47-28-24-44(25-29-47)65(6,7)8/h18-28,30-31,34-40,47H,29,32-33H2,1-17H3. The number of anilines is 5. The molecule has 0 N–H and O–H groups in total. The molecule has 0 saturated carbocycles. The van der Waals surface area contributed by atoms with Crippen LogP contribution in [0.3, 0.4) is 0 Å². The van der Waals surface area contributed by atoms with Crippen LogP contribution >= 0.6 is 0 Å². The maximum Gasteiger partial charge on any atom is 0.252 e. The summed E-state index contributed by atoms with van der Waals surface area (Å²) >= 11 is 0. The Morgan fingerprint density at radius 3 is 1.88 bits per heavy atom. The van der Waals surface area contributed by atoms with Crippen LogP contribution in [0.5, 0.6) is 0 Å². The van der Waals surface area contributed by atoms with E-state index in [0.717, 1.165) is 6.42 Å². The van der Waals surface area contributed by atoms with Crippen LogP contribution in [0.1, 0.15) is 168 Å². The lowest BCUT2D eigenvalue weighted by atomic mass is 9.33. The Labute approximate surface area is 438 Å². The van der Waals surface area contributed by atoms with Crippen molar-refractivity contribution in [2.45, 2.75) is 170 Å². The lowest BCUT2D eigenvalue weighted by molar-refractivity contribution is 0.332.